The lowest BCUT2D eigenvalue weighted by Crippen LogP contribution is -2.50. The lowest BCUT2D eigenvalue weighted by atomic mass is 9.76. The Morgan fingerprint density at radius 3 is 2.77 bits per heavy atom. The molecule has 1 spiro atoms. The number of hydrogen-bond donors (Lipinski definition) is 0. The highest BCUT2D eigenvalue weighted by molar-refractivity contribution is 5.93. The molecule has 2 heterocycles. The first kappa shape index (κ1) is 17.3. The van der Waals surface area contributed by atoms with E-state index in [1.54, 1.807) is 6.20 Å². The highest BCUT2D eigenvalue weighted by atomic mass is 16.5. The van der Waals surface area contributed by atoms with Gasteiger partial charge in [0.2, 0.25) is 0 Å². The number of ether oxygens (including phenoxy) is 1. The first-order chi connectivity index (χ1) is 12.6. The standard InChI is InChI=1S/C21H27N3O2/c1-23-17(14-22-19(23)16-8-4-3-5-9-16)20(25)24-13-7-12-21(15-24)11-6-10-18(21)26-2/h3-5,8-9,14,18H,6-7,10-13,15H2,1-2H3/t18-,21+/m1/s1. The molecule has 0 radical (unpaired) electrons. The Bertz CT molecular complexity index is 786. The van der Waals surface area contributed by atoms with E-state index in [1.807, 2.05) is 54.0 Å². The van der Waals surface area contributed by atoms with Crippen LogP contribution >= 0.6 is 0 Å². The van der Waals surface area contributed by atoms with Crippen LogP contribution in [0, 0.1) is 5.41 Å². The van der Waals surface area contributed by atoms with Gasteiger partial charge in [-0.25, -0.2) is 4.98 Å². The molecule has 0 N–H and O–H groups in total. The zero-order valence-corrected chi connectivity index (χ0v) is 15.6. The van der Waals surface area contributed by atoms with Gasteiger partial charge in [0.1, 0.15) is 11.5 Å². The van der Waals surface area contributed by atoms with Crippen molar-refractivity contribution >= 4 is 5.91 Å². The molecule has 1 aromatic carbocycles. The van der Waals surface area contributed by atoms with Crippen LogP contribution in [0.25, 0.3) is 11.4 Å². The average Bonchev–Trinajstić information content (AvgIpc) is 3.25. The van der Waals surface area contributed by atoms with Crippen molar-refractivity contribution in [2.75, 3.05) is 20.2 Å². The van der Waals surface area contributed by atoms with Gasteiger partial charge in [-0.3, -0.25) is 4.79 Å². The van der Waals surface area contributed by atoms with E-state index < -0.39 is 0 Å². The zero-order valence-electron chi connectivity index (χ0n) is 15.6. The number of aromatic nitrogens is 2. The van der Waals surface area contributed by atoms with Crippen molar-refractivity contribution in [1.82, 2.24) is 14.5 Å². The minimum absolute atomic E-state index is 0.0861. The first-order valence-electron chi connectivity index (χ1n) is 9.54. The summed E-state index contributed by atoms with van der Waals surface area (Å²) in [5.74, 6) is 0.916. The van der Waals surface area contributed by atoms with Crippen LogP contribution in [0.2, 0.25) is 0 Å². The van der Waals surface area contributed by atoms with Gasteiger partial charge in [-0.15, -0.1) is 0 Å². The molecule has 0 bridgehead atoms. The number of amides is 1. The van der Waals surface area contributed by atoms with Crippen molar-refractivity contribution < 1.29 is 9.53 Å². The smallest absolute Gasteiger partial charge is 0.272 e. The third-order valence-electron chi connectivity index (χ3n) is 6.24. The first-order valence-corrected chi connectivity index (χ1v) is 9.54. The van der Waals surface area contributed by atoms with Crippen molar-refractivity contribution in [1.29, 1.82) is 0 Å². The molecule has 1 aliphatic carbocycles. The Labute approximate surface area is 155 Å². The molecule has 2 aromatic rings. The van der Waals surface area contributed by atoms with Crippen LogP contribution in [0.4, 0.5) is 0 Å². The summed E-state index contributed by atoms with van der Waals surface area (Å²) in [6.07, 6.45) is 7.69. The lowest BCUT2D eigenvalue weighted by molar-refractivity contribution is -0.0297. The largest absolute Gasteiger partial charge is 0.381 e. The Hall–Kier alpha value is -2.14. The Morgan fingerprint density at radius 2 is 2.00 bits per heavy atom. The van der Waals surface area contributed by atoms with Gasteiger partial charge < -0.3 is 14.2 Å². The number of likely N-dealkylation sites (tertiary alicyclic amines) is 1. The molecule has 0 unspecified atom stereocenters. The highest BCUT2D eigenvalue weighted by Crippen LogP contribution is 2.46. The summed E-state index contributed by atoms with van der Waals surface area (Å²) in [5.41, 5.74) is 1.83. The van der Waals surface area contributed by atoms with Gasteiger partial charge in [-0.05, 0) is 25.7 Å². The number of benzene rings is 1. The second-order valence-corrected chi connectivity index (χ2v) is 7.70. The van der Waals surface area contributed by atoms with E-state index in [-0.39, 0.29) is 17.4 Å². The Morgan fingerprint density at radius 1 is 1.23 bits per heavy atom. The van der Waals surface area contributed by atoms with Gasteiger partial charge in [-0.2, -0.15) is 0 Å². The SMILES string of the molecule is CO[C@@H]1CCC[C@@]12CCCN(C(=O)c1cnc(-c3ccccc3)n1C)C2. The summed E-state index contributed by atoms with van der Waals surface area (Å²) in [7, 11) is 3.74. The third-order valence-corrected chi connectivity index (χ3v) is 6.24. The minimum Gasteiger partial charge on any atom is -0.381 e. The Kier molecular flexibility index (Phi) is 4.57. The number of carbonyl (C=O) groups is 1. The van der Waals surface area contributed by atoms with E-state index in [4.69, 9.17) is 4.74 Å². The topological polar surface area (TPSA) is 47.4 Å². The fourth-order valence-corrected chi connectivity index (χ4v) is 4.90. The highest BCUT2D eigenvalue weighted by Gasteiger charge is 2.46. The van der Waals surface area contributed by atoms with Crippen molar-refractivity contribution in [3.05, 3.63) is 42.2 Å². The molecule has 4 rings (SSSR count). The molecule has 1 saturated carbocycles. The normalized spacial score (nSPS) is 25.8. The van der Waals surface area contributed by atoms with Crippen LogP contribution in [-0.2, 0) is 11.8 Å². The molecule has 2 atom stereocenters. The van der Waals surface area contributed by atoms with Gasteiger partial charge in [0.05, 0.1) is 12.3 Å². The average molecular weight is 353 g/mol. The van der Waals surface area contributed by atoms with Gasteiger partial charge in [0.15, 0.2) is 0 Å². The predicted octanol–water partition coefficient (Wildman–Crippen LogP) is 3.51. The number of piperidine rings is 1. The Balaban J connectivity index is 1.57. The second-order valence-electron chi connectivity index (χ2n) is 7.70. The number of carbonyl (C=O) groups excluding carboxylic acids is 1. The zero-order chi connectivity index (χ0) is 18.1. The molecule has 2 fully saturated rings. The summed E-state index contributed by atoms with van der Waals surface area (Å²) in [4.78, 5) is 19.8. The maximum absolute atomic E-state index is 13.2. The predicted molar refractivity (Wildman–Crippen MR) is 101 cm³/mol. The summed E-state index contributed by atoms with van der Waals surface area (Å²) >= 11 is 0. The van der Waals surface area contributed by atoms with Crippen LogP contribution in [0.15, 0.2) is 36.5 Å². The number of rotatable bonds is 3. The van der Waals surface area contributed by atoms with Crippen molar-refractivity contribution in [2.24, 2.45) is 12.5 Å². The molecule has 1 aliphatic heterocycles. The molecule has 1 aromatic heterocycles. The van der Waals surface area contributed by atoms with Gasteiger partial charge in [0.25, 0.3) is 5.91 Å². The van der Waals surface area contributed by atoms with Gasteiger partial charge >= 0.3 is 0 Å². The van der Waals surface area contributed by atoms with Crippen molar-refractivity contribution in [3.63, 3.8) is 0 Å². The maximum Gasteiger partial charge on any atom is 0.272 e. The quantitative estimate of drug-likeness (QED) is 0.848. The number of hydrogen-bond acceptors (Lipinski definition) is 3. The summed E-state index contributed by atoms with van der Waals surface area (Å²) < 4.78 is 7.69. The van der Waals surface area contributed by atoms with Gasteiger partial charge in [-0.1, -0.05) is 36.8 Å². The van der Waals surface area contributed by atoms with E-state index in [0.29, 0.717) is 5.69 Å². The summed E-state index contributed by atoms with van der Waals surface area (Å²) in [5, 5.41) is 0. The molecular formula is C21H27N3O2. The van der Waals surface area contributed by atoms with E-state index in [9.17, 15) is 4.79 Å². The van der Waals surface area contributed by atoms with Crippen LogP contribution < -0.4 is 0 Å². The van der Waals surface area contributed by atoms with Crippen LogP contribution in [0.3, 0.4) is 0 Å². The van der Waals surface area contributed by atoms with E-state index in [1.165, 1.54) is 6.42 Å². The molecule has 5 nitrogen and oxygen atoms in total. The third kappa shape index (κ3) is 2.84. The fourth-order valence-electron chi connectivity index (χ4n) is 4.90. The molecular weight excluding hydrogens is 326 g/mol. The van der Waals surface area contributed by atoms with E-state index in [2.05, 4.69) is 4.98 Å². The summed E-state index contributed by atoms with van der Waals surface area (Å²) in [6.45, 7) is 1.62. The fraction of sp³-hybridized carbons (Fsp3) is 0.524. The molecule has 138 valence electrons. The van der Waals surface area contributed by atoms with Gasteiger partial charge in [0, 0.05) is 38.2 Å². The van der Waals surface area contributed by atoms with Crippen molar-refractivity contribution in [3.8, 4) is 11.4 Å². The van der Waals surface area contributed by atoms with Crippen LogP contribution in [-0.4, -0.2) is 46.7 Å². The number of nitrogens with zero attached hydrogens (tertiary/aromatic N) is 3. The molecule has 1 amide bonds. The van der Waals surface area contributed by atoms with E-state index >= 15 is 0 Å². The lowest BCUT2D eigenvalue weighted by Gasteiger charge is -2.43. The second kappa shape index (κ2) is 6.88. The number of methoxy groups -OCH3 is 1. The number of imidazole rings is 1. The van der Waals surface area contributed by atoms with Crippen LogP contribution in [0.5, 0.6) is 0 Å². The minimum atomic E-state index is 0.0861. The van der Waals surface area contributed by atoms with Crippen LogP contribution in [0.1, 0.15) is 42.6 Å². The molecule has 1 saturated heterocycles. The molecule has 26 heavy (non-hydrogen) atoms. The van der Waals surface area contributed by atoms with Crippen molar-refractivity contribution in [2.45, 2.75) is 38.2 Å². The maximum atomic E-state index is 13.2. The molecule has 5 heteroatoms. The summed E-state index contributed by atoms with van der Waals surface area (Å²) in [6, 6.07) is 10.0. The monoisotopic (exact) mass is 353 g/mol. The molecule has 2 aliphatic rings. The van der Waals surface area contributed by atoms with E-state index in [0.717, 1.165) is 50.2 Å².